The van der Waals surface area contributed by atoms with Gasteiger partial charge in [-0.05, 0) is 6.07 Å². The minimum Gasteiger partial charge on any atom is -0.464 e. The molecule has 0 fully saturated rings. The topological polar surface area (TPSA) is 62.5 Å². The normalized spacial score (nSPS) is 10.6. The lowest BCUT2D eigenvalue weighted by atomic mass is 10.1. The Labute approximate surface area is 92.9 Å². The Morgan fingerprint density at radius 1 is 1.38 bits per heavy atom. The molecule has 1 aromatic carbocycles. The largest absolute Gasteiger partial charge is 0.464 e. The average molecular weight is 219 g/mol. The summed E-state index contributed by atoms with van der Waals surface area (Å²) in [6.45, 7) is 0.243. The standard InChI is InChI=1S/C12H13NO3/c14-6-5-13-12(15)7-9-8-16-11-4-2-1-3-10(9)11/h1-4,8,14H,5-7H2,(H,13,15). The first-order valence-electron chi connectivity index (χ1n) is 5.14. The van der Waals surface area contributed by atoms with Crippen molar-refractivity contribution in [1.82, 2.24) is 5.32 Å². The molecule has 2 aromatic rings. The van der Waals surface area contributed by atoms with Gasteiger partial charge in [0.2, 0.25) is 5.91 Å². The average Bonchev–Trinajstić information content (AvgIpc) is 2.70. The highest BCUT2D eigenvalue weighted by molar-refractivity contribution is 5.87. The first-order valence-corrected chi connectivity index (χ1v) is 5.14. The molecule has 0 bridgehead atoms. The highest BCUT2D eigenvalue weighted by atomic mass is 16.3. The molecule has 0 aliphatic heterocycles. The van der Waals surface area contributed by atoms with Crippen molar-refractivity contribution in [3.05, 3.63) is 36.1 Å². The van der Waals surface area contributed by atoms with Crippen molar-refractivity contribution in [2.45, 2.75) is 6.42 Å². The molecule has 0 aliphatic rings. The van der Waals surface area contributed by atoms with Gasteiger partial charge in [-0.25, -0.2) is 0 Å². The van der Waals surface area contributed by atoms with Crippen LogP contribution in [0.2, 0.25) is 0 Å². The third kappa shape index (κ3) is 2.23. The molecule has 0 radical (unpaired) electrons. The molecule has 0 aliphatic carbocycles. The number of rotatable bonds is 4. The predicted octanol–water partition coefficient (Wildman–Crippen LogP) is 1.08. The van der Waals surface area contributed by atoms with E-state index in [0.29, 0.717) is 0 Å². The number of nitrogens with one attached hydrogen (secondary N) is 1. The number of aliphatic hydroxyl groups excluding tert-OH is 1. The van der Waals surface area contributed by atoms with Crippen LogP contribution in [0.15, 0.2) is 34.9 Å². The fourth-order valence-corrected chi connectivity index (χ4v) is 1.60. The lowest BCUT2D eigenvalue weighted by Gasteiger charge is -2.01. The first-order chi connectivity index (χ1) is 7.81. The molecule has 1 amide bonds. The number of para-hydroxylation sites is 1. The molecule has 0 saturated carbocycles. The molecule has 1 heterocycles. The zero-order valence-corrected chi connectivity index (χ0v) is 8.77. The molecular formula is C12H13NO3. The number of fused-ring (bicyclic) bond motifs is 1. The minimum atomic E-state index is -0.111. The van der Waals surface area contributed by atoms with Crippen molar-refractivity contribution < 1.29 is 14.3 Å². The summed E-state index contributed by atoms with van der Waals surface area (Å²) in [6.07, 6.45) is 1.88. The monoisotopic (exact) mass is 219 g/mol. The van der Waals surface area contributed by atoms with Crippen LogP contribution < -0.4 is 5.32 Å². The Hall–Kier alpha value is -1.81. The van der Waals surface area contributed by atoms with Crippen molar-refractivity contribution in [3.8, 4) is 0 Å². The zero-order chi connectivity index (χ0) is 11.4. The second-order valence-corrected chi connectivity index (χ2v) is 3.51. The first kappa shape index (κ1) is 10.7. The second-order valence-electron chi connectivity index (χ2n) is 3.51. The van der Waals surface area contributed by atoms with Gasteiger partial charge in [0.1, 0.15) is 5.58 Å². The van der Waals surface area contributed by atoms with Crippen LogP contribution in [0.3, 0.4) is 0 Å². The fraction of sp³-hybridized carbons (Fsp3) is 0.250. The number of carbonyl (C=O) groups excluding carboxylic acids is 1. The maximum Gasteiger partial charge on any atom is 0.224 e. The van der Waals surface area contributed by atoms with Crippen molar-refractivity contribution in [2.24, 2.45) is 0 Å². The highest BCUT2D eigenvalue weighted by Crippen LogP contribution is 2.20. The maximum absolute atomic E-state index is 11.4. The number of hydrogen-bond acceptors (Lipinski definition) is 3. The Bertz CT molecular complexity index is 490. The van der Waals surface area contributed by atoms with Gasteiger partial charge in [-0.2, -0.15) is 0 Å². The van der Waals surface area contributed by atoms with Crippen LogP contribution in [-0.2, 0) is 11.2 Å². The van der Waals surface area contributed by atoms with Crippen molar-refractivity contribution in [2.75, 3.05) is 13.2 Å². The number of furan rings is 1. The molecule has 0 unspecified atom stereocenters. The van der Waals surface area contributed by atoms with E-state index in [-0.39, 0.29) is 25.5 Å². The van der Waals surface area contributed by atoms with E-state index >= 15 is 0 Å². The molecule has 4 nitrogen and oxygen atoms in total. The number of aliphatic hydroxyl groups is 1. The van der Waals surface area contributed by atoms with Gasteiger partial charge in [0, 0.05) is 17.5 Å². The smallest absolute Gasteiger partial charge is 0.224 e. The summed E-state index contributed by atoms with van der Waals surface area (Å²) in [5.74, 6) is -0.111. The van der Waals surface area contributed by atoms with Gasteiger partial charge in [0.15, 0.2) is 0 Å². The molecule has 4 heteroatoms. The van der Waals surface area contributed by atoms with Crippen LogP contribution in [0.4, 0.5) is 0 Å². The third-order valence-electron chi connectivity index (χ3n) is 2.35. The van der Waals surface area contributed by atoms with E-state index in [4.69, 9.17) is 9.52 Å². The number of benzene rings is 1. The molecule has 16 heavy (non-hydrogen) atoms. The molecule has 1 aromatic heterocycles. The van der Waals surface area contributed by atoms with E-state index in [1.54, 1.807) is 6.26 Å². The maximum atomic E-state index is 11.4. The number of hydrogen-bond donors (Lipinski definition) is 2. The molecule has 0 saturated heterocycles. The summed E-state index contributed by atoms with van der Waals surface area (Å²) < 4.78 is 5.32. The van der Waals surface area contributed by atoms with Gasteiger partial charge in [-0.3, -0.25) is 4.79 Å². The summed E-state index contributed by atoms with van der Waals surface area (Å²) in [5.41, 5.74) is 1.65. The van der Waals surface area contributed by atoms with Crippen LogP contribution in [0.1, 0.15) is 5.56 Å². The lowest BCUT2D eigenvalue weighted by molar-refractivity contribution is -0.120. The minimum absolute atomic E-state index is 0.0438. The zero-order valence-electron chi connectivity index (χ0n) is 8.77. The molecular weight excluding hydrogens is 206 g/mol. The quantitative estimate of drug-likeness (QED) is 0.809. The van der Waals surface area contributed by atoms with Crippen LogP contribution in [0.5, 0.6) is 0 Å². The van der Waals surface area contributed by atoms with E-state index in [1.165, 1.54) is 0 Å². The van der Waals surface area contributed by atoms with Gasteiger partial charge in [-0.1, -0.05) is 18.2 Å². The Morgan fingerprint density at radius 2 is 2.19 bits per heavy atom. The van der Waals surface area contributed by atoms with Gasteiger partial charge < -0.3 is 14.8 Å². The SMILES string of the molecule is O=C(Cc1coc2ccccc12)NCCO. The summed E-state index contributed by atoms with van der Waals surface area (Å²) in [5, 5.41) is 12.1. The number of carbonyl (C=O) groups is 1. The van der Waals surface area contributed by atoms with Crippen LogP contribution in [0.25, 0.3) is 11.0 Å². The van der Waals surface area contributed by atoms with Gasteiger partial charge in [-0.15, -0.1) is 0 Å². The fourth-order valence-electron chi connectivity index (χ4n) is 1.60. The van der Waals surface area contributed by atoms with Crippen molar-refractivity contribution in [3.63, 3.8) is 0 Å². The molecule has 2 N–H and O–H groups in total. The summed E-state index contributed by atoms with van der Waals surface area (Å²) in [6, 6.07) is 7.59. The van der Waals surface area contributed by atoms with Gasteiger partial charge in [0.05, 0.1) is 19.3 Å². The Kier molecular flexibility index (Phi) is 3.22. The van der Waals surface area contributed by atoms with Crippen LogP contribution in [0, 0.1) is 0 Å². The van der Waals surface area contributed by atoms with E-state index in [2.05, 4.69) is 5.32 Å². The Morgan fingerprint density at radius 3 is 3.00 bits per heavy atom. The third-order valence-corrected chi connectivity index (χ3v) is 2.35. The van der Waals surface area contributed by atoms with Gasteiger partial charge >= 0.3 is 0 Å². The van der Waals surface area contributed by atoms with E-state index in [9.17, 15) is 4.79 Å². The van der Waals surface area contributed by atoms with E-state index in [0.717, 1.165) is 16.5 Å². The van der Waals surface area contributed by atoms with E-state index < -0.39 is 0 Å². The lowest BCUT2D eigenvalue weighted by Crippen LogP contribution is -2.27. The molecule has 0 atom stereocenters. The van der Waals surface area contributed by atoms with Crippen molar-refractivity contribution in [1.29, 1.82) is 0 Å². The Balaban J connectivity index is 2.12. The molecule has 84 valence electrons. The summed E-state index contributed by atoms with van der Waals surface area (Å²) in [4.78, 5) is 11.4. The van der Waals surface area contributed by atoms with E-state index in [1.807, 2.05) is 24.3 Å². The summed E-state index contributed by atoms with van der Waals surface area (Å²) >= 11 is 0. The van der Waals surface area contributed by atoms with Gasteiger partial charge in [0.25, 0.3) is 0 Å². The molecule has 0 spiro atoms. The van der Waals surface area contributed by atoms with Crippen LogP contribution in [-0.4, -0.2) is 24.2 Å². The van der Waals surface area contributed by atoms with Crippen LogP contribution >= 0.6 is 0 Å². The summed E-state index contributed by atoms with van der Waals surface area (Å²) in [7, 11) is 0. The second kappa shape index (κ2) is 4.81. The molecule has 2 rings (SSSR count). The van der Waals surface area contributed by atoms with Crippen molar-refractivity contribution >= 4 is 16.9 Å². The number of amides is 1. The predicted molar refractivity (Wildman–Crippen MR) is 60.0 cm³/mol. The highest BCUT2D eigenvalue weighted by Gasteiger charge is 2.09.